The molecule has 0 saturated carbocycles. The van der Waals surface area contributed by atoms with Gasteiger partial charge in [-0.15, -0.1) is 0 Å². The average molecular weight is 282 g/mol. The number of hydrogen-bond donors (Lipinski definition) is 0. The van der Waals surface area contributed by atoms with E-state index in [-0.39, 0.29) is 16.5 Å². The summed E-state index contributed by atoms with van der Waals surface area (Å²) in [5.41, 5.74) is 0.110. The van der Waals surface area contributed by atoms with E-state index in [9.17, 15) is 4.79 Å². The lowest BCUT2D eigenvalue weighted by atomic mass is 9.76. The second-order valence-electron chi connectivity index (χ2n) is 8.57. The minimum atomic E-state index is -0.231. The van der Waals surface area contributed by atoms with Gasteiger partial charge in [0.05, 0.1) is 0 Å². The first kappa shape index (κ1) is 17.6. The molecule has 0 spiro atoms. The number of nitrogens with zero attached hydrogens (tertiary/aromatic N) is 2. The third-order valence-corrected chi connectivity index (χ3v) is 4.91. The van der Waals surface area contributed by atoms with Crippen molar-refractivity contribution in [3.05, 3.63) is 0 Å². The molecule has 0 bridgehead atoms. The molecule has 0 radical (unpaired) electrons. The van der Waals surface area contributed by atoms with Crippen molar-refractivity contribution in [2.24, 2.45) is 5.41 Å². The average Bonchev–Trinajstić information content (AvgIpc) is 2.26. The molecule has 3 nitrogen and oxygen atoms in total. The molecule has 0 unspecified atom stereocenters. The van der Waals surface area contributed by atoms with E-state index in [4.69, 9.17) is 0 Å². The van der Waals surface area contributed by atoms with E-state index in [1.807, 2.05) is 0 Å². The maximum Gasteiger partial charge on any atom is 0.135 e. The van der Waals surface area contributed by atoms with Crippen LogP contribution in [-0.4, -0.2) is 52.8 Å². The summed E-state index contributed by atoms with van der Waals surface area (Å²) < 4.78 is 0. The van der Waals surface area contributed by atoms with Crippen LogP contribution in [0.4, 0.5) is 0 Å². The van der Waals surface area contributed by atoms with Gasteiger partial charge in [0, 0.05) is 42.7 Å². The van der Waals surface area contributed by atoms with Crippen molar-refractivity contribution < 1.29 is 4.79 Å². The Morgan fingerprint density at radius 1 is 0.850 bits per heavy atom. The van der Waals surface area contributed by atoms with Crippen molar-refractivity contribution in [3.63, 3.8) is 0 Å². The molecule has 0 amide bonds. The normalized spacial score (nSPS) is 20.2. The van der Waals surface area contributed by atoms with Crippen molar-refractivity contribution in [3.8, 4) is 0 Å². The van der Waals surface area contributed by atoms with Gasteiger partial charge in [-0.2, -0.15) is 0 Å². The van der Waals surface area contributed by atoms with Crippen LogP contribution in [0.25, 0.3) is 0 Å². The zero-order valence-corrected chi connectivity index (χ0v) is 14.8. The van der Waals surface area contributed by atoms with Gasteiger partial charge in [-0.3, -0.25) is 14.6 Å². The Hall–Kier alpha value is -0.410. The first-order valence-electron chi connectivity index (χ1n) is 7.87. The van der Waals surface area contributed by atoms with Crippen LogP contribution in [0.15, 0.2) is 0 Å². The Kier molecular flexibility index (Phi) is 5.08. The summed E-state index contributed by atoms with van der Waals surface area (Å²) in [6, 6.07) is 0. The molecule has 0 N–H and O–H groups in total. The molecule has 1 rings (SSSR count). The summed E-state index contributed by atoms with van der Waals surface area (Å²) in [6.45, 7) is 21.7. The Bertz CT molecular complexity index is 344. The minimum absolute atomic E-state index is 0.0825. The SMILES string of the molecule is CC(=O)C(C)(C)CC(C)(C)N1CCN(C(C)(C)C)CC1. The predicted molar refractivity (Wildman–Crippen MR) is 86.1 cm³/mol. The van der Waals surface area contributed by atoms with E-state index in [1.165, 1.54) is 0 Å². The van der Waals surface area contributed by atoms with Crippen LogP contribution in [0.3, 0.4) is 0 Å². The first-order chi connectivity index (χ1) is 8.86. The third-order valence-electron chi connectivity index (χ3n) is 4.91. The number of ketones is 1. The summed E-state index contributed by atoms with van der Waals surface area (Å²) in [5.74, 6) is 0.291. The molecular weight excluding hydrogens is 248 g/mol. The van der Waals surface area contributed by atoms with E-state index in [1.54, 1.807) is 6.92 Å². The molecule has 1 aliphatic rings. The van der Waals surface area contributed by atoms with Crippen LogP contribution >= 0.6 is 0 Å². The van der Waals surface area contributed by atoms with E-state index in [0.29, 0.717) is 5.78 Å². The number of Topliss-reactive ketones (excluding diaryl/α,β-unsaturated/α-hetero) is 1. The van der Waals surface area contributed by atoms with Gasteiger partial charge in [0.25, 0.3) is 0 Å². The summed E-state index contributed by atoms with van der Waals surface area (Å²) in [4.78, 5) is 16.9. The van der Waals surface area contributed by atoms with Gasteiger partial charge in [-0.1, -0.05) is 13.8 Å². The quantitative estimate of drug-likeness (QED) is 0.791. The summed E-state index contributed by atoms with van der Waals surface area (Å²) in [5, 5.41) is 0. The number of hydrogen-bond acceptors (Lipinski definition) is 3. The largest absolute Gasteiger partial charge is 0.299 e. The molecule has 1 saturated heterocycles. The van der Waals surface area contributed by atoms with Crippen molar-refractivity contribution in [1.29, 1.82) is 0 Å². The highest BCUT2D eigenvalue weighted by Crippen LogP contribution is 2.33. The number of rotatable bonds is 4. The maximum atomic E-state index is 11.8. The lowest BCUT2D eigenvalue weighted by molar-refractivity contribution is -0.127. The van der Waals surface area contributed by atoms with Gasteiger partial charge in [-0.05, 0) is 48.0 Å². The second-order valence-corrected chi connectivity index (χ2v) is 8.57. The van der Waals surface area contributed by atoms with E-state index >= 15 is 0 Å². The van der Waals surface area contributed by atoms with Crippen LogP contribution in [-0.2, 0) is 4.79 Å². The molecule has 1 heterocycles. The smallest absolute Gasteiger partial charge is 0.135 e. The lowest BCUT2D eigenvalue weighted by Gasteiger charge is -2.49. The molecule has 1 aliphatic heterocycles. The molecule has 20 heavy (non-hydrogen) atoms. The van der Waals surface area contributed by atoms with E-state index in [2.05, 4.69) is 58.3 Å². The number of carbonyl (C=O) groups excluding carboxylic acids is 1. The Morgan fingerprint density at radius 3 is 1.60 bits per heavy atom. The zero-order valence-electron chi connectivity index (χ0n) is 14.8. The van der Waals surface area contributed by atoms with Crippen LogP contribution in [0.1, 0.15) is 61.8 Å². The van der Waals surface area contributed by atoms with Crippen LogP contribution in [0.5, 0.6) is 0 Å². The molecule has 0 atom stereocenters. The lowest BCUT2D eigenvalue weighted by Crippen LogP contribution is -2.59. The summed E-state index contributed by atoms with van der Waals surface area (Å²) in [6.07, 6.45) is 0.921. The number of piperazine rings is 1. The summed E-state index contributed by atoms with van der Waals surface area (Å²) >= 11 is 0. The standard InChI is InChI=1S/C17H34N2O/c1-14(20)16(5,6)13-17(7,8)19-11-9-18(10-12-19)15(2,3)4/h9-13H2,1-8H3. The Morgan fingerprint density at radius 2 is 1.25 bits per heavy atom. The predicted octanol–water partition coefficient (Wildman–Crippen LogP) is 3.19. The molecule has 0 aromatic carbocycles. The molecule has 0 aromatic heterocycles. The summed E-state index contributed by atoms with van der Waals surface area (Å²) in [7, 11) is 0. The van der Waals surface area contributed by atoms with Gasteiger partial charge in [0.2, 0.25) is 0 Å². The van der Waals surface area contributed by atoms with Crippen molar-refractivity contribution in [2.45, 2.75) is 72.9 Å². The fourth-order valence-electron chi connectivity index (χ4n) is 3.30. The van der Waals surface area contributed by atoms with Crippen LogP contribution in [0, 0.1) is 5.41 Å². The zero-order chi connectivity index (χ0) is 15.8. The molecule has 118 valence electrons. The molecular formula is C17H34N2O. The first-order valence-corrected chi connectivity index (χ1v) is 7.87. The Labute approximate surface area is 125 Å². The third kappa shape index (κ3) is 4.29. The highest BCUT2D eigenvalue weighted by atomic mass is 16.1. The monoisotopic (exact) mass is 282 g/mol. The van der Waals surface area contributed by atoms with Crippen LogP contribution in [0.2, 0.25) is 0 Å². The number of carbonyl (C=O) groups is 1. The highest BCUT2D eigenvalue weighted by Gasteiger charge is 2.38. The van der Waals surface area contributed by atoms with Gasteiger partial charge in [0.15, 0.2) is 0 Å². The van der Waals surface area contributed by atoms with Gasteiger partial charge in [0.1, 0.15) is 5.78 Å². The van der Waals surface area contributed by atoms with Gasteiger partial charge >= 0.3 is 0 Å². The highest BCUT2D eigenvalue weighted by molar-refractivity contribution is 5.81. The van der Waals surface area contributed by atoms with Crippen molar-refractivity contribution in [2.75, 3.05) is 26.2 Å². The van der Waals surface area contributed by atoms with E-state index in [0.717, 1.165) is 32.6 Å². The topological polar surface area (TPSA) is 23.6 Å². The Balaban J connectivity index is 2.66. The van der Waals surface area contributed by atoms with Crippen LogP contribution < -0.4 is 0 Å². The van der Waals surface area contributed by atoms with Crippen molar-refractivity contribution in [1.82, 2.24) is 9.80 Å². The second kappa shape index (κ2) is 5.76. The fraction of sp³-hybridized carbons (Fsp3) is 0.941. The maximum absolute atomic E-state index is 11.8. The molecule has 0 aliphatic carbocycles. The molecule has 3 heteroatoms. The van der Waals surface area contributed by atoms with Gasteiger partial charge < -0.3 is 0 Å². The molecule has 1 fully saturated rings. The van der Waals surface area contributed by atoms with E-state index < -0.39 is 0 Å². The fourth-order valence-corrected chi connectivity index (χ4v) is 3.30. The minimum Gasteiger partial charge on any atom is -0.299 e. The van der Waals surface area contributed by atoms with Crippen molar-refractivity contribution >= 4 is 5.78 Å². The van der Waals surface area contributed by atoms with Gasteiger partial charge in [-0.25, -0.2) is 0 Å². The molecule has 0 aromatic rings.